The molecule has 190 valence electrons. The Labute approximate surface area is 215 Å². The number of amides is 2. The number of benzene rings is 2. The van der Waals surface area contributed by atoms with Gasteiger partial charge in [0.15, 0.2) is 11.0 Å². The van der Waals surface area contributed by atoms with E-state index in [2.05, 4.69) is 41.5 Å². The Kier molecular flexibility index (Phi) is 8.61. The molecule has 2 heterocycles. The van der Waals surface area contributed by atoms with Crippen molar-refractivity contribution in [1.29, 1.82) is 0 Å². The van der Waals surface area contributed by atoms with Gasteiger partial charge < -0.3 is 24.3 Å². The summed E-state index contributed by atoms with van der Waals surface area (Å²) in [5.74, 6) is 1.81. The van der Waals surface area contributed by atoms with E-state index in [1.807, 2.05) is 23.7 Å². The summed E-state index contributed by atoms with van der Waals surface area (Å²) >= 11 is 1.29. The summed E-state index contributed by atoms with van der Waals surface area (Å²) in [6.45, 7) is 6.81. The van der Waals surface area contributed by atoms with Gasteiger partial charge in [0.25, 0.3) is 5.91 Å². The quantitative estimate of drug-likeness (QED) is 0.439. The lowest BCUT2D eigenvalue weighted by atomic mass is 10.0. The number of thioether (sulfide) groups is 1. The molecule has 1 aromatic heterocycles. The van der Waals surface area contributed by atoms with Crippen LogP contribution in [0.2, 0.25) is 0 Å². The molecule has 0 bridgehead atoms. The largest absolute Gasteiger partial charge is 0.486 e. The van der Waals surface area contributed by atoms with E-state index in [-0.39, 0.29) is 24.2 Å². The summed E-state index contributed by atoms with van der Waals surface area (Å²) in [5.41, 5.74) is 2.38. The van der Waals surface area contributed by atoms with Crippen LogP contribution in [0.25, 0.3) is 0 Å². The first-order valence-corrected chi connectivity index (χ1v) is 12.9. The second-order valence-electron chi connectivity index (χ2n) is 8.79. The van der Waals surface area contributed by atoms with Gasteiger partial charge >= 0.3 is 0 Å². The van der Waals surface area contributed by atoms with Crippen LogP contribution in [-0.4, -0.2) is 63.5 Å². The normalized spacial score (nSPS) is 13.6. The zero-order valence-electron chi connectivity index (χ0n) is 20.8. The van der Waals surface area contributed by atoms with E-state index in [4.69, 9.17) is 9.47 Å². The van der Waals surface area contributed by atoms with Crippen molar-refractivity contribution in [3.8, 4) is 5.75 Å². The molecule has 0 unspecified atom stereocenters. The van der Waals surface area contributed by atoms with Gasteiger partial charge in [-0.05, 0) is 41.8 Å². The first-order chi connectivity index (χ1) is 17.4. The molecule has 4 rings (SSSR count). The van der Waals surface area contributed by atoms with Crippen LogP contribution in [0.3, 0.4) is 0 Å². The second kappa shape index (κ2) is 12.0. The number of carbonyl (C=O) groups excluding carboxylic acids is 2. The predicted molar refractivity (Wildman–Crippen MR) is 138 cm³/mol. The van der Waals surface area contributed by atoms with Crippen LogP contribution in [0, 0.1) is 0 Å². The van der Waals surface area contributed by atoms with Crippen LogP contribution in [0.4, 0.5) is 5.69 Å². The molecule has 36 heavy (non-hydrogen) atoms. The van der Waals surface area contributed by atoms with Crippen molar-refractivity contribution < 1.29 is 19.1 Å². The molecule has 1 fully saturated rings. The fourth-order valence-electron chi connectivity index (χ4n) is 3.70. The Balaban J connectivity index is 1.27. The summed E-state index contributed by atoms with van der Waals surface area (Å²) in [7, 11) is 1.85. The fourth-order valence-corrected chi connectivity index (χ4v) is 4.43. The van der Waals surface area contributed by atoms with Crippen LogP contribution < -0.4 is 10.1 Å². The third-order valence-electron chi connectivity index (χ3n) is 5.86. The Bertz CT molecular complexity index is 1190. The molecule has 9 nitrogen and oxygen atoms in total. The molecule has 0 atom stereocenters. The Morgan fingerprint density at radius 2 is 1.86 bits per heavy atom. The van der Waals surface area contributed by atoms with E-state index in [9.17, 15) is 9.59 Å². The van der Waals surface area contributed by atoms with Crippen LogP contribution in [0.15, 0.2) is 53.7 Å². The monoisotopic (exact) mass is 509 g/mol. The number of carbonyl (C=O) groups is 2. The van der Waals surface area contributed by atoms with Gasteiger partial charge in [0.2, 0.25) is 5.91 Å². The lowest BCUT2D eigenvalue weighted by molar-refractivity contribution is -0.113. The molecule has 0 spiro atoms. The number of anilines is 1. The Hall–Kier alpha value is -3.37. The van der Waals surface area contributed by atoms with Crippen molar-refractivity contribution in [1.82, 2.24) is 19.7 Å². The molecule has 0 saturated carbocycles. The highest BCUT2D eigenvalue weighted by atomic mass is 32.2. The molecule has 1 aliphatic heterocycles. The smallest absolute Gasteiger partial charge is 0.254 e. The van der Waals surface area contributed by atoms with Crippen molar-refractivity contribution in [2.75, 3.05) is 37.4 Å². The maximum Gasteiger partial charge on any atom is 0.254 e. The van der Waals surface area contributed by atoms with Crippen LogP contribution in [0.5, 0.6) is 5.75 Å². The van der Waals surface area contributed by atoms with Gasteiger partial charge in [0, 0.05) is 31.4 Å². The lowest BCUT2D eigenvalue weighted by Crippen LogP contribution is -2.40. The van der Waals surface area contributed by atoms with E-state index in [0.717, 1.165) is 5.75 Å². The molecule has 0 aliphatic carbocycles. The third kappa shape index (κ3) is 6.64. The minimum atomic E-state index is -0.193. The highest BCUT2D eigenvalue weighted by Crippen LogP contribution is 2.21. The van der Waals surface area contributed by atoms with Gasteiger partial charge in [-0.3, -0.25) is 9.59 Å². The second-order valence-corrected chi connectivity index (χ2v) is 9.73. The molecule has 1 aliphatic rings. The van der Waals surface area contributed by atoms with Crippen LogP contribution in [-0.2, 0) is 23.2 Å². The lowest BCUT2D eigenvalue weighted by Gasteiger charge is -2.27. The van der Waals surface area contributed by atoms with Crippen LogP contribution >= 0.6 is 11.8 Å². The van der Waals surface area contributed by atoms with Gasteiger partial charge in [0.1, 0.15) is 12.4 Å². The molecule has 0 radical (unpaired) electrons. The number of aromatic nitrogens is 3. The standard InChI is InChI=1S/C26H31N5O4S/c1-18(2)19-7-9-22(10-8-19)35-16-23-28-29-26(30(23)3)36-17-24(32)27-21-6-4-5-20(15-21)25(33)31-11-13-34-14-12-31/h4-10,15,18H,11-14,16-17H2,1-3H3,(H,27,32). The summed E-state index contributed by atoms with van der Waals surface area (Å²) < 4.78 is 13.0. The van der Waals surface area contributed by atoms with Crippen molar-refractivity contribution in [3.05, 3.63) is 65.5 Å². The zero-order valence-corrected chi connectivity index (χ0v) is 21.6. The number of hydrogen-bond acceptors (Lipinski definition) is 7. The molecule has 10 heteroatoms. The Morgan fingerprint density at radius 1 is 1.11 bits per heavy atom. The first-order valence-electron chi connectivity index (χ1n) is 11.9. The highest BCUT2D eigenvalue weighted by Gasteiger charge is 2.19. The number of nitrogens with one attached hydrogen (secondary N) is 1. The van der Waals surface area contributed by atoms with Crippen molar-refractivity contribution >= 4 is 29.3 Å². The summed E-state index contributed by atoms with van der Waals surface area (Å²) in [5, 5.41) is 11.9. The zero-order chi connectivity index (χ0) is 25.5. The summed E-state index contributed by atoms with van der Waals surface area (Å²) in [6, 6.07) is 15.0. The summed E-state index contributed by atoms with van der Waals surface area (Å²) in [4.78, 5) is 27.0. The average molecular weight is 510 g/mol. The SMILES string of the molecule is CC(C)c1ccc(OCc2nnc(SCC(=O)Nc3cccc(C(=O)N4CCOCC4)c3)n2C)cc1. The van der Waals surface area contributed by atoms with Gasteiger partial charge in [0.05, 0.1) is 19.0 Å². The maximum absolute atomic E-state index is 12.7. The number of hydrogen-bond donors (Lipinski definition) is 1. The highest BCUT2D eigenvalue weighted by molar-refractivity contribution is 7.99. The van der Waals surface area contributed by atoms with Crippen molar-refractivity contribution in [2.24, 2.45) is 7.05 Å². The fraction of sp³-hybridized carbons (Fsp3) is 0.385. The molecule has 2 amide bonds. The minimum Gasteiger partial charge on any atom is -0.486 e. The van der Waals surface area contributed by atoms with E-state index in [1.165, 1.54) is 17.3 Å². The number of nitrogens with zero attached hydrogens (tertiary/aromatic N) is 4. The van der Waals surface area contributed by atoms with Crippen molar-refractivity contribution in [2.45, 2.75) is 31.5 Å². The number of morpholine rings is 1. The van der Waals surface area contributed by atoms with E-state index >= 15 is 0 Å². The predicted octanol–water partition coefficient (Wildman–Crippen LogP) is 3.72. The van der Waals surface area contributed by atoms with E-state index in [1.54, 1.807) is 29.2 Å². The molecular formula is C26H31N5O4S. The van der Waals surface area contributed by atoms with E-state index < -0.39 is 0 Å². The molecule has 1 N–H and O–H groups in total. The minimum absolute atomic E-state index is 0.0616. The van der Waals surface area contributed by atoms with Gasteiger partial charge in [-0.2, -0.15) is 0 Å². The Morgan fingerprint density at radius 3 is 2.58 bits per heavy atom. The number of ether oxygens (including phenoxy) is 2. The molecular weight excluding hydrogens is 478 g/mol. The van der Waals surface area contributed by atoms with Crippen molar-refractivity contribution in [3.63, 3.8) is 0 Å². The first kappa shape index (κ1) is 25.7. The molecule has 2 aromatic carbocycles. The summed E-state index contributed by atoms with van der Waals surface area (Å²) in [6.07, 6.45) is 0. The topological polar surface area (TPSA) is 98.6 Å². The van der Waals surface area contributed by atoms with Gasteiger partial charge in [-0.1, -0.05) is 43.8 Å². The van der Waals surface area contributed by atoms with Gasteiger partial charge in [-0.25, -0.2) is 0 Å². The van der Waals surface area contributed by atoms with E-state index in [0.29, 0.717) is 54.5 Å². The average Bonchev–Trinajstić information content (AvgIpc) is 3.25. The third-order valence-corrected chi connectivity index (χ3v) is 6.88. The number of rotatable bonds is 9. The maximum atomic E-state index is 12.7. The molecule has 3 aromatic rings. The van der Waals surface area contributed by atoms with Gasteiger partial charge in [-0.15, -0.1) is 10.2 Å². The molecule has 1 saturated heterocycles. The van der Waals surface area contributed by atoms with Crippen LogP contribution in [0.1, 0.15) is 41.5 Å².